The second-order valence-electron chi connectivity index (χ2n) is 4.13. The molecule has 100 valence electrons. The average molecular weight is 280 g/mol. The molecule has 0 saturated heterocycles. The van der Waals surface area contributed by atoms with Crippen LogP contribution in [0.25, 0.3) is 0 Å². The van der Waals surface area contributed by atoms with Gasteiger partial charge in [0.2, 0.25) is 0 Å². The van der Waals surface area contributed by atoms with Crippen molar-refractivity contribution in [2.45, 2.75) is 20.0 Å². The summed E-state index contributed by atoms with van der Waals surface area (Å²) in [4.78, 5) is 11.9. The molecule has 2 rings (SSSR count). The van der Waals surface area contributed by atoms with E-state index in [1.807, 2.05) is 6.92 Å². The number of aromatic amines is 1. The predicted octanol–water partition coefficient (Wildman–Crippen LogP) is 2.78. The fourth-order valence-corrected chi connectivity index (χ4v) is 1.59. The van der Waals surface area contributed by atoms with E-state index in [9.17, 15) is 4.79 Å². The average Bonchev–Trinajstić information content (AvgIpc) is 2.78. The number of amides is 1. The summed E-state index contributed by atoms with van der Waals surface area (Å²) in [5, 5.41) is 9.88. The first-order chi connectivity index (χ1) is 9.06. The summed E-state index contributed by atoms with van der Waals surface area (Å²) < 4.78 is 5.51. The van der Waals surface area contributed by atoms with Crippen LogP contribution in [0.1, 0.15) is 12.5 Å². The first-order valence-corrected chi connectivity index (χ1v) is 6.17. The van der Waals surface area contributed by atoms with Crippen molar-refractivity contribution in [3.05, 3.63) is 41.0 Å². The maximum atomic E-state index is 11.9. The monoisotopic (exact) mass is 279 g/mol. The van der Waals surface area contributed by atoms with E-state index in [-0.39, 0.29) is 5.91 Å². The van der Waals surface area contributed by atoms with Crippen molar-refractivity contribution in [3.63, 3.8) is 0 Å². The van der Waals surface area contributed by atoms with Gasteiger partial charge in [0, 0.05) is 10.6 Å². The molecule has 0 radical (unpaired) electrons. The molecule has 6 heteroatoms. The van der Waals surface area contributed by atoms with Crippen LogP contribution >= 0.6 is 11.6 Å². The summed E-state index contributed by atoms with van der Waals surface area (Å²) >= 11 is 5.78. The zero-order valence-electron chi connectivity index (χ0n) is 10.6. The van der Waals surface area contributed by atoms with Crippen molar-refractivity contribution in [3.8, 4) is 5.75 Å². The van der Waals surface area contributed by atoms with Crippen molar-refractivity contribution in [2.24, 2.45) is 0 Å². The maximum Gasteiger partial charge on any atom is 0.266 e. The van der Waals surface area contributed by atoms with Gasteiger partial charge in [0.15, 0.2) is 6.10 Å². The fraction of sp³-hybridized carbons (Fsp3) is 0.231. The van der Waals surface area contributed by atoms with Crippen molar-refractivity contribution in [2.75, 3.05) is 5.32 Å². The summed E-state index contributed by atoms with van der Waals surface area (Å²) in [5.41, 5.74) is 0.868. The first kappa shape index (κ1) is 13.4. The quantitative estimate of drug-likeness (QED) is 0.904. The Hall–Kier alpha value is -2.01. The van der Waals surface area contributed by atoms with Gasteiger partial charge < -0.3 is 10.1 Å². The molecule has 1 aromatic carbocycles. The molecule has 1 unspecified atom stereocenters. The van der Waals surface area contributed by atoms with Crippen LogP contribution in [0.3, 0.4) is 0 Å². The van der Waals surface area contributed by atoms with Crippen LogP contribution in [0.2, 0.25) is 5.02 Å². The van der Waals surface area contributed by atoms with Gasteiger partial charge in [0.1, 0.15) is 11.6 Å². The number of carbonyl (C=O) groups excluding carboxylic acids is 1. The van der Waals surface area contributed by atoms with Crippen LogP contribution < -0.4 is 10.1 Å². The Kier molecular flexibility index (Phi) is 4.06. The minimum Gasteiger partial charge on any atom is -0.481 e. The second-order valence-corrected chi connectivity index (χ2v) is 4.57. The van der Waals surface area contributed by atoms with Gasteiger partial charge in [-0.3, -0.25) is 9.89 Å². The lowest BCUT2D eigenvalue weighted by atomic mass is 10.3. The molecular weight excluding hydrogens is 266 g/mol. The summed E-state index contributed by atoms with van der Waals surface area (Å²) in [7, 11) is 0. The van der Waals surface area contributed by atoms with Crippen molar-refractivity contribution < 1.29 is 9.53 Å². The number of aromatic nitrogens is 2. The summed E-state index contributed by atoms with van der Waals surface area (Å²) in [5.74, 6) is 0.923. The van der Waals surface area contributed by atoms with E-state index >= 15 is 0 Å². The van der Waals surface area contributed by atoms with Crippen LogP contribution in [0, 0.1) is 6.92 Å². The van der Waals surface area contributed by atoms with Gasteiger partial charge in [0.25, 0.3) is 5.91 Å². The summed E-state index contributed by atoms with van der Waals surface area (Å²) in [6.45, 7) is 3.53. The number of carbonyl (C=O) groups is 1. The number of hydrogen-bond acceptors (Lipinski definition) is 3. The molecule has 0 fully saturated rings. The van der Waals surface area contributed by atoms with Gasteiger partial charge in [-0.1, -0.05) is 11.6 Å². The minimum absolute atomic E-state index is 0.248. The number of anilines is 1. The molecule has 1 heterocycles. The molecule has 1 amide bonds. The second kappa shape index (κ2) is 5.75. The number of nitrogens with zero attached hydrogens (tertiary/aromatic N) is 1. The Bertz CT molecular complexity index is 566. The van der Waals surface area contributed by atoms with Crippen molar-refractivity contribution in [1.82, 2.24) is 10.2 Å². The third-order valence-corrected chi connectivity index (χ3v) is 2.82. The Morgan fingerprint density at radius 1 is 1.42 bits per heavy atom. The minimum atomic E-state index is -0.621. The van der Waals surface area contributed by atoms with Gasteiger partial charge in [-0.25, -0.2) is 0 Å². The zero-order valence-corrected chi connectivity index (χ0v) is 11.4. The molecule has 5 nitrogen and oxygen atoms in total. The van der Waals surface area contributed by atoms with E-state index in [2.05, 4.69) is 15.5 Å². The van der Waals surface area contributed by atoms with Crippen molar-refractivity contribution in [1.29, 1.82) is 0 Å². The third-order valence-electron chi connectivity index (χ3n) is 2.57. The molecule has 2 aromatic rings. The highest BCUT2D eigenvalue weighted by atomic mass is 35.5. The first-order valence-electron chi connectivity index (χ1n) is 5.79. The number of benzene rings is 1. The lowest BCUT2D eigenvalue weighted by Gasteiger charge is -2.14. The van der Waals surface area contributed by atoms with Crippen LogP contribution in [-0.2, 0) is 4.79 Å². The van der Waals surface area contributed by atoms with E-state index in [0.29, 0.717) is 16.6 Å². The highest BCUT2D eigenvalue weighted by molar-refractivity contribution is 6.30. The van der Waals surface area contributed by atoms with E-state index in [0.717, 1.165) is 5.56 Å². The number of aryl methyl sites for hydroxylation is 1. The Balaban J connectivity index is 1.96. The molecule has 0 bridgehead atoms. The molecule has 0 saturated carbocycles. The van der Waals surface area contributed by atoms with Crippen LogP contribution in [-0.4, -0.2) is 22.2 Å². The highest BCUT2D eigenvalue weighted by Gasteiger charge is 2.16. The van der Waals surface area contributed by atoms with E-state index in [4.69, 9.17) is 16.3 Å². The zero-order chi connectivity index (χ0) is 13.8. The molecular formula is C13H14ClN3O2. The highest BCUT2D eigenvalue weighted by Crippen LogP contribution is 2.17. The Morgan fingerprint density at radius 3 is 2.68 bits per heavy atom. The largest absolute Gasteiger partial charge is 0.481 e. The number of halogens is 1. The van der Waals surface area contributed by atoms with Gasteiger partial charge >= 0.3 is 0 Å². The smallest absolute Gasteiger partial charge is 0.266 e. The van der Waals surface area contributed by atoms with Crippen LogP contribution in [0.4, 0.5) is 5.82 Å². The van der Waals surface area contributed by atoms with Gasteiger partial charge in [-0.05, 0) is 38.1 Å². The van der Waals surface area contributed by atoms with E-state index < -0.39 is 6.10 Å². The fourth-order valence-electron chi connectivity index (χ4n) is 1.47. The predicted molar refractivity (Wildman–Crippen MR) is 73.5 cm³/mol. The normalized spacial score (nSPS) is 11.9. The lowest BCUT2D eigenvalue weighted by molar-refractivity contribution is -0.122. The molecule has 0 aliphatic rings. The van der Waals surface area contributed by atoms with Gasteiger partial charge in [-0.15, -0.1) is 0 Å². The van der Waals surface area contributed by atoms with Crippen LogP contribution in [0.5, 0.6) is 5.75 Å². The number of hydrogen-bond donors (Lipinski definition) is 2. The molecule has 0 spiro atoms. The maximum absolute atomic E-state index is 11.9. The topological polar surface area (TPSA) is 67.0 Å². The van der Waals surface area contributed by atoms with Crippen LogP contribution in [0.15, 0.2) is 30.5 Å². The molecule has 19 heavy (non-hydrogen) atoms. The third kappa shape index (κ3) is 3.48. The Morgan fingerprint density at radius 2 is 2.11 bits per heavy atom. The summed E-state index contributed by atoms with van der Waals surface area (Å²) in [6, 6.07) is 6.85. The summed E-state index contributed by atoms with van der Waals surface area (Å²) in [6.07, 6.45) is 1.02. The molecule has 1 aromatic heterocycles. The Labute approximate surface area is 115 Å². The number of ether oxygens (including phenoxy) is 1. The van der Waals surface area contributed by atoms with Gasteiger partial charge in [0.05, 0.1) is 6.20 Å². The molecule has 2 N–H and O–H groups in total. The molecule has 0 aliphatic heterocycles. The number of rotatable bonds is 4. The standard InChI is InChI=1S/C13H14ClN3O2/c1-8-7-15-17-12(8)16-13(18)9(2)19-11-5-3-10(14)4-6-11/h3-7,9H,1-2H3,(H2,15,16,17,18). The molecule has 1 atom stereocenters. The van der Waals surface area contributed by atoms with Crippen molar-refractivity contribution >= 4 is 23.3 Å². The van der Waals surface area contributed by atoms with E-state index in [1.165, 1.54) is 0 Å². The number of nitrogens with one attached hydrogen (secondary N) is 2. The SMILES string of the molecule is Cc1cn[nH]c1NC(=O)C(C)Oc1ccc(Cl)cc1. The van der Waals surface area contributed by atoms with Gasteiger partial charge in [-0.2, -0.15) is 5.10 Å². The molecule has 0 aliphatic carbocycles. The number of H-pyrrole nitrogens is 1. The van der Waals surface area contributed by atoms with E-state index in [1.54, 1.807) is 37.4 Å². The lowest BCUT2D eigenvalue weighted by Crippen LogP contribution is -2.30.